The Morgan fingerprint density at radius 2 is 1.29 bits per heavy atom. The second-order valence-electron chi connectivity index (χ2n) is 2.97. The van der Waals surface area contributed by atoms with Crippen LogP contribution in [0.5, 0.6) is 0 Å². The zero-order chi connectivity index (χ0) is 10.6. The fourth-order valence-corrected chi connectivity index (χ4v) is 0.905. The van der Waals surface area contributed by atoms with Gasteiger partial charge in [-0.1, -0.05) is 0 Å². The Hall–Kier alpha value is -0.870. The number of hydrogen-bond donors (Lipinski definition) is 2. The minimum atomic E-state index is -0.347. The first-order chi connectivity index (χ1) is 6.81. The van der Waals surface area contributed by atoms with Crippen LogP contribution >= 0.6 is 0 Å². The molecule has 0 radical (unpaired) electrons. The first kappa shape index (κ1) is 13.1. The molecule has 14 heavy (non-hydrogen) atoms. The average Bonchev–Trinajstić information content (AvgIpc) is 2.19. The van der Waals surface area contributed by atoms with E-state index in [4.69, 9.17) is 0 Å². The smallest absolute Gasteiger partial charge is 0.314 e. The van der Waals surface area contributed by atoms with Crippen molar-refractivity contribution >= 4 is 6.03 Å². The van der Waals surface area contributed by atoms with Crippen LogP contribution in [0.3, 0.4) is 0 Å². The zero-order valence-electron chi connectivity index (χ0n) is 8.32. The molecule has 0 aromatic rings. The Bertz CT molecular complexity index is 131. The Balaban J connectivity index is 3.11. The van der Waals surface area contributed by atoms with Gasteiger partial charge in [0.1, 0.15) is 0 Å². The van der Waals surface area contributed by atoms with E-state index in [0.717, 1.165) is 0 Å². The summed E-state index contributed by atoms with van der Waals surface area (Å²) in [4.78, 5) is 11.0. The van der Waals surface area contributed by atoms with E-state index >= 15 is 0 Å². The number of halogens is 2. The lowest BCUT2D eigenvalue weighted by Gasteiger charge is -2.05. The maximum absolute atomic E-state index is 11.6. The fraction of sp³-hybridized carbons (Fsp3) is 0.889. The molecular formula is C9H18F2N2O. The number of amides is 2. The van der Waals surface area contributed by atoms with Crippen molar-refractivity contribution in [3.05, 3.63) is 0 Å². The summed E-state index contributed by atoms with van der Waals surface area (Å²) in [6.45, 7) is 0.275. The van der Waals surface area contributed by atoms with Gasteiger partial charge in [0.2, 0.25) is 0 Å². The van der Waals surface area contributed by atoms with Gasteiger partial charge < -0.3 is 10.6 Å². The molecule has 0 aliphatic heterocycles. The van der Waals surface area contributed by atoms with Crippen molar-refractivity contribution in [1.82, 2.24) is 10.6 Å². The van der Waals surface area contributed by atoms with E-state index in [9.17, 15) is 13.6 Å². The highest BCUT2D eigenvalue weighted by atomic mass is 19.1. The standard InChI is InChI=1S/C9H18F2N2O/c10-5-1-3-7-12-9(14)13-8-4-2-6-11/h1-8H2,(H2,12,13,14). The molecule has 0 saturated heterocycles. The molecule has 0 aliphatic carbocycles. The molecule has 0 aromatic heterocycles. The number of alkyl halides is 2. The summed E-state index contributed by atoms with van der Waals surface area (Å²) in [6.07, 6.45) is 2.24. The fourth-order valence-electron chi connectivity index (χ4n) is 0.905. The van der Waals surface area contributed by atoms with Gasteiger partial charge in [0, 0.05) is 13.1 Å². The summed E-state index contributed by atoms with van der Waals surface area (Å²) in [5.41, 5.74) is 0. The monoisotopic (exact) mass is 208 g/mol. The first-order valence-corrected chi connectivity index (χ1v) is 4.95. The van der Waals surface area contributed by atoms with Crippen molar-refractivity contribution in [3.63, 3.8) is 0 Å². The van der Waals surface area contributed by atoms with Crippen molar-refractivity contribution in [3.8, 4) is 0 Å². The van der Waals surface area contributed by atoms with Gasteiger partial charge in [0.15, 0.2) is 0 Å². The lowest BCUT2D eigenvalue weighted by Crippen LogP contribution is -2.36. The van der Waals surface area contributed by atoms with E-state index in [1.807, 2.05) is 0 Å². The van der Waals surface area contributed by atoms with Gasteiger partial charge in [-0.3, -0.25) is 8.78 Å². The molecule has 84 valence electrons. The van der Waals surface area contributed by atoms with E-state index < -0.39 is 0 Å². The van der Waals surface area contributed by atoms with Crippen molar-refractivity contribution in [2.45, 2.75) is 25.7 Å². The Labute approximate surface area is 83.3 Å². The number of carbonyl (C=O) groups excluding carboxylic acids is 1. The second kappa shape index (κ2) is 10.2. The Morgan fingerprint density at radius 1 is 0.857 bits per heavy atom. The third-order valence-corrected chi connectivity index (χ3v) is 1.69. The van der Waals surface area contributed by atoms with Gasteiger partial charge >= 0.3 is 6.03 Å². The van der Waals surface area contributed by atoms with E-state index in [1.54, 1.807) is 0 Å². The van der Waals surface area contributed by atoms with Crippen molar-refractivity contribution < 1.29 is 13.6 Å². The topological polar surface area (TPSA) is 41.1 Å². The molecule has 0 fully saturated rings. The predicted octanol–water partition coefficient (Wildman–Crippen LogP) is 1.79. The normalized spacial score (nSPS) is 9.86. The van der Waals surface area contributed by atoms with Gasteiger partial charge in [0.25, 0.3) is 0 Å². The number of hydrogen-bond acceptors (Lipinski definition) is 1. The van der Waals surface area contributed by atoms with Gasteiger partial charge in [-0.2, -0.15) is 0 Å². The van der Waals surface area contributed by atoms with Crippen LogP contribution in [0.2, 0.25) is 0 Å². The number of unbranched alkanes of at least 4 members (excludes halogenated alkanes) is 2. The lowest BCUT2D eigenvalue weighted by atomic mass is 10.3. The highest BCUT2D eigenvalue weighted by Gasteiger charge is 1.97. The molecule has 0 saturated carbocycles. The largest absolute Gasteiger partial charge is 0.338 e. The van der Waals surface area contributed by atoms with Crippen LogP contribution in [0.1, 0.15) is 25.7 Å². The van der Waals surface area contributed by atoms with E-state index in [0.29, 0.717) is 38.8 Å². The zero-order valence-corrected chi connectivity index (χ0v) is 8.32. The average molecular weight is 208 g/mol. The van der Waals surface area contributed by atoms with E-state index in [2.05, 4.69) is 10.6 Å². The minimum Gasteiger partial charge on any atom is -0.338 e. The predicted molar refractivity (Wildman–Crippen MR) is 51.8 cm³/mol. The maximum atomic E-state index is 11.6. The van der Waals surface area contributed by atoms with E-state index in [1.165, 1.54) is 0 Å². The summed E-state index contributed by atoms with van der Waals surface area (Å²) >= 11 is 0. The molecule has 0 atom stereocenters. The van der Waals surface area contributed by atoms with Crippen molar-refractivity contribution in [2.24, 2.45) is 0 Å². The third-order valence-electron chi connectivity index (χ3n) is 1.69. The van der Waals surface area contributed by atoms with Crippen LogP contribution in [0.15, 0.2) is 0 Å². The van der Waals surface area contributed by atoms with Crippen molar-refractivity contribution in [2.75, 3.05) is 26.4 Å². The summed E-state index contributed by atoms with van der Waals surface area (Å²) in [5, 5.41) is 5.17. The number of rotatable bonds is 8. The second-order valence-corrected chi connectivity index (χ2v) is 2.97. The van der Waals surface area contributed by atoms with Crippen molar-refractivity contribution in [1.29, 1.82) is 0 Å². The third kappa shape index (κ3) is 9.22. The molecule has 3 nitrogen and oxygen atoms in total. The summed E-state index contributed by atoms with van der Waals surface area (Å²) in [6, 6.07) is -0.261. The highest BCUT2D eigenvalue weighted by molar-refractivity contribution is 5.73. The van der Waals surface area contributed by atoms with Crippen LogP contribution in [0, 0.1) is 0 Å². The minimum absolute atomic E-state index is 0.261. The number of nitrogens with one attached hydrogen (secondary N) is 2. The molecule has 0 rings (SSSR count). The molecule has 0 aliphatic rings. The molecule has 0 unspecified atom stereocenters. The van der Waals surface area contributed by atoms with E-state index in [-0.39, 0.29) is 19.4 Å². The maximum Gasteiger partial charge on any atom is 0.314 e. The van der Waals surface area contributed by atoms with Crippen LogP contribution < -0.4 is 10.6 Å². The van der Waals surface area contributed by atoms with Crippen LogP contribution in [0.4, 0.5) is 13.6 Å². The SMILES string of the molecule is O=C(NCCCCF)NCCCCF. The molecule has 0 spiro atoms. The molecule has 5 heteroatoms. The van der Waals surface area contributed by atoms with Crippen LogP contribution in [0.25, 0.3) is 0 Å². The van der Waals surface area contributed by atoms with Gasteiger partial charge in [-0.25, -0.2) is 4.79 Å². The number of urea groups is 1. The van der Waals surface area contributed by atoms with Gasteiger partial charge in [-0.15, -0.1) is 0 Å². The lowest BCUT2D eigenvalue weighted by molar-refractivity contribution is 0.240. The first-order valence-electron chi connectivity index (χ1n) is 4.95. The Kier molecular flexibility index (Phi) is 9.58. The van der Waals surface area contributed by atoms with Gasteiger partial charge in [-0.05, 0) is 25.7 Å². The summed E-state index contributed by atoms with van der Waals surface area (Å²) in [7, 11) is 0. The molecular weight excluding hydrogens is 190 g/mol. The van der Waals surface area contributed by atoms with Crippen LogP contribution in [-0.2, 0) is 0 Å². The molecule has 2 N–H and O–H groups in total. The number of carbonyl (C=O) groups is 1. The van der Waals surface area contributed by atoms with Gasteiger partial charge in [0.05, 0.1) is 13.3 Å². The molecule has 0 heterocycles. The summed E-state index contributed by atoms with van der Waals surface area (Å²) < 4.78 is 23.3. The Morgan fingerprint density at radius 3 is 1.64 bits per heavy atom. The quantitative estimate of drug-likeness (QED) is 0.586. The highest BCUT2D eigenvalue weighted by Crippen LogP contribution is 1.88. The molecule has 0 bridgehead atoms. The van der Waals surface area contributed by atoms with Crippen LogP contribution in [-0.4, -0.2) is 32.5 Å². The molecule has 0 aromatic carbocycles. The molecule has 2 amide bonds. The summed E-state index contributed by atoms with van der Waals surface area (Å²) in [5.74, 6) is 0.